The standard InChI is InChI=1S/C14H20N2O2/c1-9(2)13(15-11(4)17)14(18)16-12-8-6-5-7-10(12)3/h5-9,13H,1-4H3,(H,15,17)(H,16,18). The molecule has 18 heavy (non-hydrogen) atoms. The van der Waals surface area contributed by atoms with Crippen LogP contribution < -0.4 is 10.6 Å². The molecular weight excluding hydrogens is 228 g/mol. The molecule has 1 unspecified atom stereocenters. The SMILES string of the molecule is CC(=O)NC(C(=O)Nc1ccccc1C)C(C)C. The molecule has 1 rings (SSSR count). The Morgan fingerprint density at radius 1 is 1.17 bits per heavy atom. The Labute approximate surface area is 108 Å². The van der Waals surface area contributed by atoms with Crippen molar-refractivity contribution < 1.29 is 9.59 Å². The maximum atomic E-state index is 12.1. The van der Waals surface area contributed by atoms with E-state index in [4.69, 9.17) is 0 Å². The van der Waals surface area contributed by atoms with Gasteiger partial charge >= 0.3 is 0 Å². The van der Waals surface area contributed by atoms with Crippen LogP contribution >= 0.6 is 0 Å². The lowest BCUT2D eigenvalue weighted by Gasteiger charge is -2.21. The number of amides is 2. The van der Waals surface area contributed by atoms with Crippen molar-refractivity contribution >= 4 is 17.5 Å². The smallest absolute Gasteiger partial charge is 0.247 e. The van der Waals surface area contributed by atoms with Crippen LogP contribution in [0.5, 0.6) is 0 Å². The lowest BCUT2D eigenvalue weighted by Crippen LogP contribution is -2.46. The first-order chi connectivity index (χ1) is 8.41. The second-order valence-corrected chi connectivity index (χ2v) is 4.73. The topological polar surface area (TPSA) is 58.2 Å². The van der Waals surface area contributed by atoms with Crippen molar-refractivity contribution in [3.05, 3.63) is 29.8 Å². The Bertz CT molecular complexity index is 441. The third-order valence-corrected chi connectivity index (χ3v) is 2.71. The maximum absolute atomic E-state index is 12.1. The first-order valence-electron chi connectivity index (χ1n) is 6.05. The molecule has 0 heterocycles. The van der Waals surface area contributed by atoms with E-state index in [0.29, 0.717) is 0 Å². The molecule has 2 N–H and O–H groups in total. The Kier molecular flexibility index (Phi) is 4.89. The van der Waals surface area contributed by atoms with Crippen LogP contribution in [0, 0.1) is 12.8 Å². The fourth-order valence-electron chi connectivity index (χ4n) is 1.68. The summed E-state index contributed by atoms with van der Waals surface area (Å²) in [4.78, 5) is 23.2. The zero-order valence-corrected chi connectivity index (χ0v) is 11.3. The normalized spacial score (nSPS) is 12.1. The van der Waals surface area contributed by atoms with Gasteiger partial charge in [-0.2, -0.15) is 0 Å². The molecule has 0 bridgehead atoms. The molecule has 98 valence electrons. The van der Waals surface area contributed by atoms with Gasteiger partial charge in [-0.3, -0.25) is 9.59 Å². The zero-order chi connectivity index (χ0) is 13.7. The summed E-state index contributed by atoms with van der Waals surface area (Å²) in [6.07, 6.45) is 0. The number of hydrogen-bond acceptors (Lipinski definition) is 2. The average molecular weight is 248 g/mol. The molecule has 1 atom stereocenters. The number of aryl methyl sites for hydroxylation is 1. The van der Waals surface area contributed by atoms with E-state index in [2.05, 4.69) is 10.6 Å². The van der Waals surface area contributed by atoms with Crippen LogP contribution in [0.1, 0.15) is 26.3 Å². The first kappa shape index (κ1) is 14.2. The Morgan fingerprint density at radius 3 is 2.28 bits per heavy atom. The molecule has 0 saturated carbocycles. The number of benzene rings is 1. The Morgan fingerprint density at radius 2 is 1.78 bits per heavy atom. The van der Waals surface area contributed by atoms with E-state index >= 15 is 0 Å². The van der Waals surface area contributed by atoms with Crippen molar-refractivity contribution in [2.24, 2.45) is 5.92 Å². The quantitative estimate of drug-likeness (QED) is 0.857. The molecule has 2 amide bonds. The van der Waals surface area contributed by atoms with E-state index < -0.39 is 6.04 Å². The Hall–Kier alpha value is -1.84. The summed E-state index contributed by atoms with van der Waals surface area (Å²) < 4.78 is 0. The van der Waals surface area contributed by atoms with Gasteiger partial charge in [0.25, 0.3) is 0 Å². The predicted molar refractivity (Wildman–Crippen MR) is 72.3 cm³/mol. The van der Waals surface area contributed by atoms with Crippen LogP contribution in [0.2, 0.25) is 0 Å². The highest BCUT2D eigenvalue weighted by Gasteiger charge is 2.23. The number of rotatable bonds is 4. The molecule has 0 aliphatic heterocycles. The predicted octanol–water partition coefficient (Wildman–Crippen LogP) is 2.09. The molecule has 1 aromatic carbocycles. The van der Waals surface area contributed by atoms with Gasteiger partial charge in [-0.15, -0.1) is 0 Å². The Balaban J connectivity index is 2.79. The molecule has 0 fully saturated rings. The van der Waals surface area contributed by atoms with E-state index in [-0.39, 0.29) is 17.7 Å². The summed E-state index contributed by atoms with van der Waals surface area (Å²) in [6.45, 7) is 7.14. The minimum Gasteiger partial charge on any atom is -0.344 e. The van der Waals surface area contributed by atoms with Crippen molar-refractivity contribution in [3.63, 3.8) is 0 Å². The largest absolute Gasteiger partial charge is 0.344 e. The third-order valence-electron chi connectivity index (χ3n) is 2.71. The molecule has 0 saturated heterocycles. The summed E-state index contributed by atoms with van der Waals surface area (Å²) in [5.41, 5.74) is 1.77. The molecule has 1 aromatic rings. The van der Waals surface area contributed by atoms with Crippen molar-refractivity contribution in [2.45, 2.75) is 33.7 Å². The van der Waals surface area contributed by atoms with Gasteiger partial charge in [0.2, 0.25) is 11.8 Å². The van der Waals surface area contributed by atoms with Crippen molar-refractivity contribution in [1.29, 1.82) is 0 Å². The van der Waals surface area contributed by atoms with E-state index in [0.717, 1.165) is 11.3 Å². The lowest BCUT2D eigenvalue weighted by atomic mass is 10.0. The van der Waals surface area contributed by atoms with Gasteiger partial charge in [-0.1, -0.05) is 32.0 Å². The number of para-hydroxylation sites is 1. The van der Waals surface area contributed by atoms with Crippen LogP contribution in [-0.4, -0.2) is 17.9 Å². The highest BCUT2D eigenvalue weighted by atomic mass is 16.2. The second-order valence-electron chi connectivity index (χ2n) is 4.73. The van der Waals surface area contributed by atoms with Crippen molar-refractivity contribution in [2.75, 3.05) is 5.32 Å². The highest BCUT2D eigenvalue weighted by molar-refractivity contribution is 5.97. The van der Waals surface area contributed by atoms with Crippen LogP contribution in [0.25, 0.3) is 0 Å². The van der Waals surface area contributed by atoms with Gasteiger partial charge < -0.3 is 10.6 Å². The van der Waals surface area contributed by atoms with Gasteiger partial charge in [0, 0.05) is 12.6 Å². The molecule has 0 spiro atoms. The van der Waals surface area contributed by atoms with Gasteiger partial charge in [0.05, 0.1) is 0 Å². The number of anilines is 1. The van der Waals surface area contributed by atoms with Crippen LogP contribution in [0.4, 0.5) is 5.69 Å². The van der Waals surface area contributed by atoms with Gasteiger partial charge in [-0.25, -0.2) is 0 Å². The van der Waals surface area contributed by atoms with Gasteiger partial charge in [0.15, 0.2) is 0 Å². The van der Waals surface area contributed by atoms with Gasteiger partial charge in [-0.05, 0) is 24.5 Å². The summed E-state index contributed by atoms with van der Waals surface area (Å²) in [5, 5.41) is 5.51. The van der Waals surface area contributed by atoms with Gasteiger partial charge in [0.1, 0.15) is 6.04 Å². The van der Waals surface area contributed by atoms with E-state index in [9.17, 15) is 9.59 Å². The average Bonchev–Trinajstić information content (AvgIpc) is 2.28. The fourth-order valence-corrected chi connectivity index (χ4v) is 1.68. The second kappa shape index (κ2) is 6.19. The van der Waals surface area contributed by atoms with E-state index in [1.165, 1.54) is 6.92 Å². The number of hydrogen-bond donors (Lipinski definition) is 2. The zero-order valence-electron chi connectivity index (χ0n) is 11.3. The van der Waals surface area contributed by atoms with E-state index in [1.54, 1.807) is 0 Å². The monoisotopic (exact) mass is 248 g/mol. The maximum Gasteiger partial charge on any atom is 0.247 e. The summed E-state index contributed by atoms with van der Waals surface area (Å²) in [7, 11) is 0. The summed E-state index contributed by atoms with van der Waals surface area (Å²) in [5.74, 6) is -0.346. The van der Waals surface area contributed by atoms with E-state index in [1.807, 2.05) is 45.0 Å². The first-order valence-corrected chi connectivity index (χ1v) is 6.05. The highest BCUT2D eigenvalue weighted by Crippen LogP contribution is 2.14. The fraction of sp³-hybridized carbons (Fsp3) is 0.429. The number of nitrogens with one attached hydrogen (secondary N) is 2. The van der Waals surface area contributed by atoms with Crippen molar-refractivity contribution in [1.82, 2.24) is 5.32 Å². The van der Waals surface area contributed by atoms with Crippen LogP contribution in [0.3, 0.4) is 0 Å². The minimum atomic E-state index is -0.512. The summed E-state index contributed by atoms with van der Waals surface area (Å²) >= 11 is 0. The van der Waals surface area contributed by atoms with Crippen LogP contribution in [0.15, 0.2) is 24.3 Å². The van der Waals surface area contributed by atoms with Crippen LogP contribution in [-0.2, 0) is 9.59 Å². The molecular formula is C14H20N2O2. The molecule has 4 heteroatoms. The number of carbonyl (C=O) groups is 2. The van der Waals surface area contributed by atoms with Crippen molar-refractivity contribution in [3.8, 4) is 0 Å². The lowest BCUT2D eigenvalue weighted by molar-refractivity contribution is -0.126. The molecule has 4 nitrogen and oxygen atoms in total. The minimum absolute atomic E-state index is 0.0397. The molecule has 0 aliphatic rings. The molecule has 0 aliphatic carbocycles. The molecule has 0 aromatic heterocycles. The summed E-state index contributed by atoms with van der Waals surface area (Å²) in [6, 6.07) is 7.04. The number of carbonyl (C=O) groups excluding carboxylic acids is 2. The third kappa shape index (κ3) is 3.87. The molecule has 0 radical (unpaired) electrons.